The van der Waals surface area contributed by atoms with E-state index < -0.39 is 0 Å². The van der Waals surface area contributed by atoms with E-state index in [-0.39, 0.29) is 5.17 Å². The number of nitrogens with zero attached hydrogens (tertiary/aromatic N) is 1. The van der Waals surface area contributed by atoms with E-state index in [1.807, 2.05) is 30.3 Å². The van der Waals surface area contributed by atoms with Crippen LogP contribution in [0.3, 0.4) is 0 Å². The Morgan fingerprint density at radius 1 is 1.25 bits per heavy atom. The first-order chi connectivity index (χ1) is 7.83. The van der Waals surface area contributed by atoms with E-state index in [0.29, 0.717) is 19.6 Å². The van der Waals surface area contributed by atoms with Crippen molar-refractivity contribution in [2.75, 3.05) is 6.61 Å². The monoisotopic (exact) mass is 241 g/mol. The Morgan fingerprint density at radius 3 is 2.69 bits per heavy atom. The second kappa shape index (κ2) is 8.13. The van der Waals surface area contributed by atoms with Crippen molar-refractivity contribution < 1.29 is 9.94 Å². The Labute approximate surface area is 101 Å². The van der Waals surface area contributed by atoms with Crippen LogP contribution in [0.2, 0.25) is 0 Å². The van der Waals surface area contributed by atoms with Gasteiger partial charge in [-0.15, -0.1) is 0 Å². The maximum absolute atomic E-state index is 8.31. The Kier molecular flexibility index (Phi) is 6.61. The van der Waals surface area contributed by atoms with Crippen molar-refractivity contribution in [1.29, 1.82) is 0 Å². The third-order valence-electron chi connectivity index (χ3n) is 2.14. The standard InChI is InChI=1S/C12H16ClNO2/c13-12(14-15)8-4-5-9-16-10-11-6-2-1-3-7-11/h1-3,6-7,15H,4-5,8-10H2/b14-12-. The van der Waals surface area contributed by atoms with Crippen LogP contribution in [0.25, 0.3) is 0 Å². The molecule has 0 heterocycles. The van der Waals surface area contributed by atoms with E-state index >= 15 is 0 Å². The van der Waals surface area contributed by atoms with Crippen LogP contribution in [0, 0.1) is 0 Å². The highest BCUT2D eigenvalue weighted by Crippen LogP contribution is 2.04. The number of rotatable bonds is 7. The van der Waals surface area contributed by atoms with Crippen LogP contribution in [0.4, 0.5) is 0 Å². The lowest BCUT2D eigenvalue weighted by Gasteiger charge is -2.03. The van der Waals surface area contributed by atoms with Crippen LogP contribution >= 0.6 is 11.6 Å². The van der Waals surface area contributed by atoms with Crippen LogP contribution in [0.1, 0.15) is 24.8 Å². The summed E-state index contributed by atoms with van der Waals surface area (Å²) in [5.74, 6) is 0. The van der Waals surface area contributed by atoms with Gasteiger partial charge in [-0.25, -0.2) is 0 Å². The molecule has 0 amide bonds. The lowest BCUT2D eigenvalue weighted by atomic mass is 10.2. The quantitative estimate of drug-likeness (QED) is 0.344. The fraction of sp³-hybridized carbons (Fsp3) is 0.417. The SMILES string of the molecule is O/N=C(\Cl)CCCCOCc1ccccc1. The number of oxime groups is 1. The maximum atomic E-state index is 8.31. The highest BCUT2D eigenvalue weighted by atomic mass is 35.5. The van der Waals surface area contributed by atoms with Gasteiger partial charge >= 0.3 is 0 Å². The highest BCUT2D eigenvalue weighted by molar-refractivity contribution is 6.65. The summed E-state index contributed by atoms with van der Waals surface area (Å²) in [6, 6.07) is 10.1. The maximum Gasteiger partial charge on any atom is 0.145 e. The number of hydrogen-bond acceptors (Lipinski definition) is 3. The van der Waals surface area contributed by atoms with E-state index in [1.165, 1.54) is 5.56 Å². The van der Waals surface area contributed by atoms with Gasteiger partial charge in [0.25, 0.3) is 0 Å². The van der Waals surface area contributed by atoms with Crippen molar-refractivity contribution in [3.63, 3.8) is 0 Å². The molecule has 0 aromatic heterocycles. The van der Waals surface area contributed by atoms with E-state index in [4.69, 9.17) is 21.5 Å². The van der Waals surface area contributed by atoms with Crippen LogP contribution in [-0.4, -0.2) is 17.0 Å². The summed E-state index contributed by atoms with van der Waals surface area (Å²) in [5.41, 5.74) is 1.18. The zero-order valence-electron chi connectivity index (χ0n) is 9.10. The lowest BCUT2D eigenvalue weighted by Crippen LogP contribution is -1.96. The minimum Gasteiger partial charge on any atom is -0.410 e. The first-order valence-corrected chi connectivity index (χ1v) is 5.69. The van der Waals surface area contributed by atoms with Gasteiger partial charge in [0.05, 0.1) is 6.61 Å². The highest BCUT2D eigenvalue weighted by Gasteiger charge is 1.96. The molecule has 3 nitrogen and oxygen atoms in total. The zero-order chi connectivity index (χ0) is 11.6. The molecule has 0 unspecified atom stereocenters. The van der Waals surface area contributed by atoms with Crippen LogP contribution in [0.15, 0.2) is 35.5 Å². The topological polar surface area (TPSA) is 41.8 Å². The smallest absolute Gasteiger partial charge is 0.145 e. The molecule has 1 N–H and O–H groups in total. The van der Waals surface area contributed by atoms with Gasteiger partial charge in [-0.1, -0.05) is 47.1 Å². The van der Waals surface area contributed by atoms with Gasteiger partial charge < -0.3 is 9.94 Å². The van der Waals surface area contributed by atoms with E-state index in [1.54, 1.807) is 0 Å². The minimum atomic E-state index is 0.253. The van der Waals surface area contributed by atoms with E-state index in [2.05, 4.69) is 5.16 Å². The summed E-state index contributed by atoms with van der Waals surface area (Å²) in [4.78, 5) is 0. The van der Waals surface area contributed by atoms with Crippen molar-refractivity contribution in [2.24, 2.45) is 5.16 Å². The molecule has 0 saturated carbocycles. The first kappa shape index (κ1) is 13.0. The number of halogens is 1. The molecule has 0 bridgehead atoms. The summed E-state index contributed by atoms with van der Waals surface area (Å²) >= 11 is 5.53. The van der Waals surface area contributed by atoms with Gasteiger partial charge in [-0.2, -0.15) is 0 Å². The van der Waals surface area contributed by atoms with Gasteiger partial charge in [0.15, 0.2) is 0 Å². The third kappa shape index (κ3) is 5.73. The lowest BCUT2D eigenvalue weighted by molar-refractivity contribution is 0.117. The number of ether oxygens (including phenoxy) is 1. The molecule has 0 aliphatic rings. The molecule has 88 valence electrons. The molecular formula is C12H16ClNO2. The molecule has 0 aliphatic heterocycles. The molecule has 0 aliphatic carbocycles. The predicted molar refractivity (Wildman–Crippen MR) is 65.0 cm³/mol. The van der Waals surface area contributed by atoms with Gasteiger partial charge in [-0.05, 0) is 18.4 Å². The van der Waals surface area contributed by atoms with Crippen molar-refractivity contribution in [2.45, 2.75) is 25.9 Å². The Bertz CT molecular complexity index is 314. The second-order valence-electron chi connectivity index (χ2n) is 3.47. The molecule has 1 aromatic rings. The average Bonchev–Trinajstić information content (AvgIpc) is 2.34. The summed E-state index contributed by atoms with van der Waals surface area (Å²) < 4.78 is 5.49. The summed E-state index contributed by atoms with van der Waals surface area (Å²) in [7, 11) is 0. The fourth-order valence-corrected chi connectivity index (χ4v) is 1.42. The second-order valence-corrected chi connectivity index (χ2v) is 3.91. The molecule has 1 rings (SSSR count). The Balaban J connectivity index is 2.01. The average molecular weight is 242 g/mol. The first-order valence-electron chi connectivity index (χ1n) is 5.31. The Morgan fingerprint density at radius 2 is 2.00 bits per heavy atom. The fourth-order valence-electron chi connectivity index (χ4n) is 1.29. The summed E-state index contributed by atoms with van der Waals surface area (Å²) in [6.45, 7) is 1.34. The van der Waals surface area contributed by atoms with Crippen molar-refractivity contribution in [3.8, 4) is 0 Å². The minimum absolute atomic E-state index is 0.253. The van der Waals surface area contributed by atoms with Crippen LogP contribution < -0.4 is 0 Å². The molecular weight excluding hydrogens is 226 g/mol. The molecule has 0 fully saturated rings. The molecule has 4 heteroatoms. The van der Waals surface area contributed by atoms with Gasteiger partial charge in [0, 0.05) is 13.0 Å². The molecule has 0 saturated heterocycles. The Hall–Kier alpha value is -1.06. The molecule has 0 spiro atoms. The van der Waals surface area contributed by atoms with E-state index in [0.717, 1.165) is 12.8 Å². The van der Waals surface area contributed by atoms with Crippen molar-refractivity contribution in [3.05, 3.63) is 35.9 Å². The van der Waals surface area contributed by atoms with E-state index in [9.17, 15) is 0 Å². The van der Waals surface area contributed by atoms with Crippen LogP contribution in [0.5, 0.6) is 0 Å². The molecule has 1 aromatic carbocycles. The normalized spacial score (nSPS) is 11.7. The predicted octanol–water partition coefficient (Wildman–Crippen LogP) is 3.40. The van der Waals surface area contributed by atoms with Gasteiger partial charge in [0.2, 0.25) is 0 Å². The summed E-state index contributed by atoms with van der Waals surface area (Å²) in [5, 5.41) is 11.5. The van der Waals surface area contributed by atoms with Crippen molar-refractivity contribution in [1.82, 2.24) is 0 Å². The van der Waals surface area contributed by atoms with Crippen LogP contribution in [-0.2, 0) is 11.3 Å². The van der Waals surface area contributed by atoms with Gasteiger partial charge in [-0.3, -0.25) is 0 Å². The zero-order valence-corrected chi connectivity index (χ0v) is 9.86. The van der Waals surface area contributed by atoms with Gasteiger partial charge in [0.1, 0.15) is 5.17 Å². The van der Waals surface area contributed by atoms with Crippen molar-refractivity contribution >= 4 is 16.8 Å². The number of unbranched alkanes of at least 4 members (excludes halogenated alkanes) is 1. The molecule has 0 radical (unpaired) electrons. The molecule has 16 heavy (non-hydrogen) atoms. The third-order valence-corrected chi connectivity index (χ3v) is 2.41. The summed E-state index contributed by atoms with van der Waals surface area (Å²) in [6.07, 6.45) is 2.39. The molecule has 0 atom stereocenters. The largest absolute Gasteiger partial charge is 0.410 e. The number of benzene rings is 1. The number of hydrogen-bond donors (Lipinski definition) is 1.